The van der Waals surface area contributed by atoms with Gasteiger partial charge >= 0.3 is 0 Å². The Hall–Kier alpha value is -3.45. The van der Waals surface area contributed by atoms with Gasteiger partial charge < -0.3 is 15.7 Å². The van der Waals surface area contributed by atoms with Crippen LogP contribution in [0.15, 0.2) is 47.3 Å². The van der Waals surface area contributed by atoms with E-state index < -0.39 is 5.91 Å². The summed E-state index contributed by atoms with van der Waals surface area (Å²) in [4.78, 5) is 37.1. The molecule has 7 nitrogen and oxygen atoms in total. The highest BCUT2D eigenvalue weighted by Gasteiger charge is 2.10. The number of carbonyl (C=O) groups excluding carboxylic acids is 1. The fourth-order valence-electron chi connectivity index (χ4n) is 3.39. The summed E-state index contributed by atoms with van der Waals surface area (Å²) >= 11 is 0. The van der Waals surface area contributed by atoms with Crippen molar-refractivity contribution >= 4 is 27.8 Å². The largest absolute Gasteiger partial charge is 0.366 e. The molecule has 0 aliphatic carbocycles. The van der Waals surface area contributed by atoms with E-state index in [4.69, 9.17) is 5.73 Å². The van der Waals surface area contributed by atoms with Gasteiger partial charge in [-0.3, -0.25) is 14.5 Å². The van der Waals surface area contributed by atoms with Crippen molar-refractivity contribution in [1.29, 1.82) is 0 Å². The molecule has 2 aromatic heterocycles. The highest BCUT2D eigenvalue weighted by atomic mass is 16.1. The van der Waals surface area contributed by atoms with Gasteiger partial charge in [0.2, 0.25) is 5.91 Å². The summed E-state index contributed by atoms with van der Waals surface area (Å²) in [6.45, 7) is 3.22. The van der Waals surface area contributed by atoms with Gasteiger partial charge in [-0.25, -0.2) is 4.98 Å². The van der Waals surface area contributed by atoms with Gasteiger partial charge in [0.1, 0.15) is 5.82 Å². The van der Waals surface area contributed by atoms with Crippen LogP contribution in [0, 0.1) is 6.92 Å². The Morgan fingerprint density at radius 2 is 1.89 bits per heavy atom. The van der Waals surface area contributed by atoms with Crippen LogP contribution in [0.5, 0.6) is 0 Å². The molecule has 0 fully saturated rings. The number of nitrogens with one attached hydrogen (secondary N) is 2. The lowest BCUT2D eigenvalue weighted by Gasteiger charge is -2.15. The van der Waals surface area contributed by atoms with Gasteiger partial charge in [-0.05, 0) is 49.9 Å². The second-order valence-corrected chi connectivity index (χ2v) is 7.16. The number of hydrogen-bond donors (Lipinski definition) is 3. The molecule has 4 N–H and O–H groups in total. The van der Waals surface area contributed by atoms with Gasteiger partial charge in [0.15, 0.2) is 5.43 Å². The normalized spacial score (nSPS) is 11.5. The number of primary amides is 1. The maximum Gasteiger partial charge on any atom is 0.248 e. The van der Waals surface area contributed by atoms with E-state index in [1.165, 1.54) is 11.6 Å². The lowest BCUT2D eigenvalue weighted by atomic mass is 10.1. The van der Waals surface area contributed by atoms with Crippen molar-refractivity contribution in [1.82, 2.24) is 19.9 Å². The summed E-state index contributed by atoms with van der Waals surface area (Å²) < 4.78 is 0. The van der Waals surface area contributed by atoms with Crippen molar-refractivity contribution in [2.45, 2.75) is 20.0 Å². The number of fused-ring (bicyclic) bond motifs is 2. The fourth-order valence-corrected chi connectivity index (χ4v) is 3.39. The average molecular weight is 375 g/mol. The van der Waals surface area contributed by atoms with Gasteiger partial charge in [0, 0.05) is 34.8 Å². The van der Waals surface area contributed by atoms with Crippen molar-refractivity contribution < 1.29 is 4.79 Å². The number of aromatic nitrogens is 3. The molecule has 7 heteroatoms. The van der Waals surface area contributed by atoms with E-state index in [0.29, 0.717) is 29.6 Å². The summed E-state index contributed by atoms with van der Waals surface area (Å²) in [7, 11) is 1.97. The first kappa shape index (κ1) is 17.9. The highest BCUT2D eigenvalue weighted by molar-refractivity contribution is 5.96. The molecule has 0 saturated carbocycles. The van der Waals surface area contributed by atoms with E-state index in [0.717, 1.165) is 22.6 Å². The standard InChI is InChI=1S/C21H21N5O2/c1-12-3-5-17-18(7-12)25-20(24-17)11-26(2)10-14-9-19(27)15-8-13(21(22)28)4-6-16(15)23-14/h3-9H,10-11H2,1-2H3,(H2,22,28)(H,23,27)(H,24,25). The first-order valence-electron chi connectivity index (χ1n) is 8.98. The molecular weight excluding hydrogens is 354 g/mol. The number of aromatic amines is 2. The summed E-state index contributed by atoms with van der Waals surface area (Å²) in [6.07, 6.45) is 0. The number of amides is 1. The molecule has 0 unspecified atom stereocenters. The van der Waals surface area contributed by atoms with E-state index in [1.54, 1.807) is 18.2 Å². The predicted molar refractivity (Wildman–Crippen MR) is 109 cm³/mol. The van der Waals surface area contributed by atoms with E-state index in [1.807, 2.05) is 19.2 Å². The number of hydrogen-bond acceptors (Lipinski definition) is 4. The third kappa shape index (κ3) is 3.52. The molecule has 0 bridgehead atoms. The summed E-state index contributed by atoms with van der Waals surface area (Å²) in [6, 6.07) is 12.5. The number of carbonyl (C=O) groups is 1. The Labute approximate surface area is 161 Å². The number of rotatable bonds is 5. The molecule has 28 heavy (non-hydrogen) atoms. The van der Waals surface area contributed by atoms with Crippen LogP contribution in [0.1, 0.15) is 27.4 Å². The smallest absolute Gasteiger partial charge is 0.248 e. The van der Waals surface area contributed by atoms with Crippen LogP contribution < -0.4 is 11.2 Å². The van der Waals surface area contributed by atoms with Crippen LogP contribution in [0.3, 0.4) is 0 Å². The molecule has 0 radical (unpaired) electrons. The van der Waals surface area contributed by atoms with Gasteiger partial charge in [0.25, 0.3) is 0 Å². The Morgan fingerprint density at radius 1 is 1.07 bits per heavy atom. The van der Waals surface area contributed by atoms with Crippen molar-refractivity contribution in [3.63, 3.8) is 0 Å². The maximum absolute atomic E-state index is 12.5. The zero-order valence-corrected chi connectivity index (χ0v) is 15.7. The number of nitrogens with zero attached hydrogens (tertiary/aromatic N) is 2. The summed E-state index contributed by atoms with van der Waals surface area (Å²) in [5.74, 6) is 0.323. The van der Waals surface area contributed by atoms with Crippen LogP contribution in [0.2, 0.25) is 0 Å². The molecule has 2 heterocycles. The molecule has 0 aliphatic heterocycles. The van der Waals surface area contributed by atoms with Gasteiger partial charge in [-0.15, -0.1) is 0 Å². The molecule has 0 saturated heterocycles. The van der Waals surface area contributed by atoms with E-state index >= 15 is 0 Å². The molecule has 4 rings (SSSR count). The molecule has 0 atom stereocenters. The number of pyridine rings is 1. The summed E-state index contributed by atoms with van der Waals surface area (Å²) in [5.41, 5.74) is 10.1. The molecule has 2 aromatic carbocycles. The fraction of sp³-hybridized carbons (Fsp3) is 0.190. The quantitative estimate of drug-likeness (QED) is 0.498. The monoisotopic (exact) mass is 375 g/mol. The third-order valence-corrected chi connectivity index (χ3v) is 4.72. The summed E-state index contributed by atoms with van der Waals surface area (Å²) in [5, 5.41) is 0.454. The minimum Gasteiger partial charge on any atom is -0.366 e. The molecular formula is C21H21N5O2. The van der Waals surface area contributed by atoms with E-state index in [-0.39, 0.29) is 5.43 Å². The first-order valence-corrected chi connectivity index (χ1v) is 8.98. The Morgan fingerprint density at radius 3 is 2.68 bits per heavy atom. The second-order valence-electron chi connectivity index (χ2n) is 7.16. The van der Waals surface area contributed by atoms with Crippen molar-refractivity contribution in [3.05, 3.63) is 75.3 Å². The minimum atomic E-state index is -0.550. The van der Waals surface area contributed by atoms with Crippen LogP contribution in [0.4, 0.5) is 0 Å². The Kier molecular flexibility index (Phi) is 4.44. The number of nitrogens with two attached hydrogens (primary N) is 1. The van der Waals surface area contributed by atoms with Crippen molar-refractivity contribution in [2.75, 3.05) is 7.05 Å². The highest BCUT2D eigenvalue weighted by Crippen LogP contribution is 2.15. The van der Waals surface area contributed by atoms with E-state index in [9.17, 15) is 9.59 Å². The van der Waals surface area contributed by atoms with Crippen LogP contribution in [0.25, 0.3) is 21.9 Å². The van der Waals surface area contributed by atoms with Crippen LogP contribution in [-0.2, 0) is 13.1 Å². The first-order chi connectivity index (χ1) is 13.4. The molecule has 0 spiro atoms. The third-order valence-electron chi connectivity index (χ3n) is 4.72. The SMILES string of the molecule is Cc1ccc2nc(CN(C)Cc3cc(=O)c4cc(C(N)=O)ccc4[nH]3)[nH]c2c1. The van der Waals surface area contributed by atoms with Crippen LogP contribution in [-0.4, -0.2) is 32.8 Å². The number of aryl methyl sites for hydroxylation is 1. The lowest BCUT2D eigenvalue weighted by molar-refractivity contribution is 0.100. The zero-order chi connectivity index (χ0) is 19.8. The molecule has 0 aliphatic rings. The second kappa shape index (κ2) is 6.94. The van der Waals surface area contributed by atoms with Crippen molar-refractivity contribution in [2.24, 2.45) is 5.73 Å². The van der Waals surface area contributed by atoms with Crippen molar-refractivity contribution in [3.8, 4) is 0 Å². The number of H-pyrrole nitrogens is 2. The Balaban J connectivity index is 1.55. The molecule has 4 aromatic rings. The van der Waals surface area contributed by atoms with Gasteiger partial charge in [0.05, 0.1) is 17.6 Å². The molecule has 142 valence electrons. The average Bonchev–Trinajstić information content (AvgIpc) is 3.02. The lowest BCUT2D eigenvalue weighted by Crippen LogP contribution is -2.20. The van der Waals surface area contributed by atoms with Gasteiger partial charge in [-0.2, -0.15) is 0 Å². The van der Waals surface area contributed by atoms with E-state index in [2.05, 4.69) is 32.8 Å². The topological polar surface area (TPSA) is 108 Å². The van der Waals surface area contributed by atoms with Crippen LogP contribution >= 0.6 is 0 Å². The predicted octanol–water partition coefficient (Wildman–Crippen LogP) is 2.44. The number of imidazole rings is 1. The zero-order valence-electron chi connectivity index (χ0n) is 15.7. The van der Waals surface area contributed by atoms with Gasteiger partial charge in [-0.1, -0.05) is 6.07 Å². The Bertz CT molecular complexity index is 1250. The number of benzene rings is 2. The molecule has 1 amide bonds. The maximum atomic E-state index is 12.5. The minimum absolute atomic E-state index is 0.139.